The summed E-state index contributed by atoms with van der Waals surface area (Å²) in [5, 5.41) is 2.86. The molecule has 0 aliphatic heterocycles. The topological polar surface area (TPSA) is 84.9 Å². The molecule has 8 heteroatoms. The standard InChI is InChI=1S/C22H30N2O5S/c1-5-28-20-13-12-19(14-21(20)29-6-2)17(3)23-22(25)16-24(30(4,26)27)15-18-10-8-7-9-11-18/h7-14,17H,5-6,15-16H2,1-4H3,(H,23,25)/t17-/m1/s1. The van der Waals surface area contributed by atoms with Gasteiger partial charge in [-0.2, -0.15) is 4.31 Å². The molecule has 0 heterocycles. The fourth-order valence-electron chi connectivity index (χ4n) is 2.95. The Balaban J connectivity index is 2.08. The van der Waals surface area contributed by atoms with E-state index in [1.807, 2.05) is 69.3 Å². The van der Waals surface area contributed by atoms with Crippen molar-refractivity contribution in [3.8, 4) is 11.5 Å². The minimum Gasteiger partial charge on any atom is -0.490 e. The van der Waals surface area contributed by atoms with Gasteiger partial charge in [0.15, 0.2) is 11.5 Å². The van der Waals surface area contributed by atoms with Gasteiger partial charge in [0, 0.05) is 6.54 Å². The maximum Gasteiger partial charge on any atom is 0.235 e. The summed E-state index contributed by atoms with van der Waals surface area (Å²) >= 11 is 0. The van der Waals surface area contributed by atoms with Crippen LogP contribution in [0.25, 0.3) is 0 Å². The minimum atomic E-state index is -3.55. The van der Waals surface area contributed by atoms with Gasteiger partial charge in [0.25, 0.3) is 0 Å². The van der Waals surface area contributed by atoms with Crippen LogP contribution < -0.4 is 14.8 Å². The van der Waals surface area contributed by atoms with Gasteiger partial charge in [0.2, 0.25) is 15.9 Å². The second kappa shape index (κ2) is 11.0. The Bertz CT molecular complexity index is 932. The van der Waals surface area contributed by atoms with Gasteiger partial charge in [-0.15, -0.1) is 0 Å². The van der Waals surface area contributed by atoms with Crippen LogP contribution in [0.4, 0.5) is 0 Å². The molecule has 0 aliphatic rings. The summed E-state index contributed by atoms with van der Waals surface area (Å²) in [6.45, 7) is 6.52. The number of carbonyl (C=O) groups is 1. The van der Waals surface area contributed by atoms with Crippen molar-refractivity contribution in [2.75, 3.05) is 26.0 Å². The van der Waals surface area contributed by atoms with Crippen LogP contribution in [0.15, 0.2) is 48.5 Å². The lowest BCUT2D eigenvalue weighted by molar-refractivity contribution is -0.122. The SMILES string of the molecule is CCOc1ccc([C@@H](C)NC(=O)CN(Cc2ccccc2)S(C)(=O)=O)cc1OCC. The fraction of sp³-hybridized carbons (Fsp3) is 0.409. The number of sulfonamides is 1. The molecule has 1 N–H and O–H groups in total. The third kappa shape index (κ3) is 7.03. The molecule has 2 aromatic rings. The zero-order chi connectivity index (χ0) is 22.1. The van der Waals surface area contributed by atoms with Crippen LogP contribution in [-0.4, -0.2) is 44.6 Å². The zero-order valence-electron chi connectivity index (χ0n) is 17.9. The highest BCUT2D eigenvalue weighted by Gasteiger charge is 2.22. The lowest BCUT2D eigenvalue weighted by Gasteiger charge is -2.22. The highest BCUT2D eigenvalue weighted by Crippen LogP contribution is 2.30. The molecule has 0 saturated carbocycles. The highest BCUT2D eigenvalue weighted by molar-refractivity contribution is 7.88. The molecule has 1 amide bonds. The van der Waals surface area contributed by atoms with Crippen LogP contribution in [0.1, 0.15) is 37.9 Å². The van der Waals surface area contributed by atoms with Gasteiger partial charge < -0.3 is 14.8 Å². The van der Waals surface area contributed by atoms with Crippen molar-refractivity contribution < 1.29 is 22.7 Å². The smallest absolute Gasteiger partial charge is 0.235 e. The van der Waals surface area contributed by atoms with Gasteiger partial charge in [-0.25, -0.2) is 8.42 Å². The van der Waals surface area contributed by atoms with Crippen LogP contribution in [0.2, 0.25) is 0 Å². The first-order chi connectivity index (χ1) is 14.2. The molecule has 2 aromatic carbocycles. The first kappa shape index (κ1) is 23.7. The number of nitrogens with zero attached hydrogens (tertiary/aromatic N) is 1. The van der Waals surface area contributed by atoms with Crippen molar-refractivity contribution >= 4 is 15.9 Å². The van der Waals surface area contributed by atoms with E-state index >= 15 is 0 Å². The van der Waals surface area contributed by atoms with Gasteiger partial charge in [-0.3, -0.25) is 4.79 Å². The Morgan fingerprint density at radius 2 is 1.67 bits per heavy atom. The molecule has 0 bridgehead atoms. The Kier molecular flexibility index (Phi) is 8.68. The molecule has 0 spiro atoms. The van der Waals surface area contributed by atoms with E-state index in [-0.39, 0.29) is 25.0 Å². The second-order valence-electron chi connectivity index (χ2n) is 6.88. The maximum atomic E-state index is 12.6. The van der Waals surface area contributed by atoms with Gasteiger partial charge in [-0.05, 0) is 44.0 Å². The van der Waals surface area contributed by atoms with E-state index in [4.69, 9.17) is 9.47 Å². The van der Waals surface area contributed by atoms with E-state index in [1.165, 1.54) is 0 Å². The van der Waals surface area contributed by atoms with Crippen molar-refractivity contribution in [1.82, 2.24) is 9.62 Å². The molecule has 164 valence electrons. The third-order valence-corrected chi connectivity index (χ3v) is 5.63. The predicted molar refractivity (Wildman–Crippen MR) is 117 cm³/mol. The van der Waals surface area contributed by atoms with Gasteiger partial charge in [0.05, 0.1) is 32.1 Å². The number of hydrogen-bond donors (Lipinski definition) is 1. The molecule has 0 unspecified atom stereocenters. The second-order valence-corrected chi connectivity index (χ2v) is 8.86. The molecule has 0 aromatic heterocycles. The monoisotopic (exact) mass is 434 g/mol. The molecule has 0 radical (unpaired) electrons. The Labute approximate surface area is 179 Å². The number of ether oxygens (including phenoxy) is 2. The van der Waals surface area contributed by atoms with E-state index in [0.29, 0.717) is 24.7 Å². The molecular weight excluding hydrogens is 404 g/mol. The zero-order valence-corrected chi connectivity index (χ0v) is 18.7. The molecule has 30 heavy (non-hydrogen) atoms. The van der Waals surface area contributed by atoms with Crippen molar-refractivity contribution in [2.24, 2.45) is 0 Å². The Hall–Kier alpha value is -2.58. The van der Waals surface area contributed by atoms with Gasteiger partial charge >= 0.3 is 0 Å². The first-order valence-corrected chi connectivity index (χ1v) is 11.8. The van der Waals surface area contributed by atoms with E-state index in [9.17, 15) is 13.2 Å². The lowest BCUT2D eigenvalue weighted by Crippen LogP contribution is -2.40. The van der Waals surface area contributed by atoms with Crippen LogP contribution in [0, 0.1) is 0 Å². The van der Waals surface area contributed by atoms with E-state index < -0.39 is 10.0 Å². The minimum absolute atomic E-state index is 0.138. The summed E-state index contributed by atoms with van der Waals surface area (Å²) in [7, 11) is -3.55. The number of rotatable bonds is 11. The summed E-state index contributed by atoms with van der Waals surface area (Å²) in [4.78, 5) is 12.6. The van der Waals surface area contributed by atoms with Crippen LogP contribution >= 0.6 is 0 Å². The summed E-state index contributed by atoms with van der Waals surface area (Å²) in [6.07, 6.45) is 1.10. The summed E-state index contributed by atoms with van der Waals surface area (Å²) in [5.74, 6) is 0.878. The molecule has 0 aliphatic carbocycles. The first-order valence-electron chi connectivity index (χ1n) is 9.92. The molecular formula is C22H30N2O5S. The van der Waals surface area contributed by atoms with Crippen molar-refractivity contribution in [3.63, 3.8) is 0 Å². The third-order valence-electron chi connectivity index (χ3n) is 4.44. The van der Waals surface area contributed by atoms with Crippen LogP contribution in [0.3, 0.4) is 0 Å². The lowest BCUT2D eigenvalue weighted by atomic mass is 10.1. The maximum absolute atomic E-state index is 12.6. The molecule has 0 saturated heterocycles. The molecule has 0 fully saturated rings. The fourth-order valence-corrected chi connectivity index (χ4v) is 3.68. The largest absolute Gasteiger partial charge is 0.490 e. The Morgan fingerprint density at radius 1 is 1.03 bits per heavy atom. The number of hydrogen-bond acceptors (Lipinski definition) is 5. The van der Waals surface area contributed by atoms with Crippen molar-refractivity contribution in [2.45, 2.75) is 33.4 Å². The molecule has 1 atom stereocenters. The summed E-state index contributed by atoms with van der Waals surface area (Å²) < 4.78 is 36.7. The predicted octanol–water partition coefficient (Wildman–Crippen LogP) is 3.12. The van der Waals surface area contributed by atoms with E-state index in [2.05, 4.69) is 5.32 Å². The van der Waals surface area contributed by atoms with Gasteiger partial charge in [0.1, 0.15) is 0 Å². The average Bonchev–Trinajstić information content (AvgIpc) is 2.69. The summed E-state index contributed by atoms with van der Waals surface area (Å²) in [6, 6.07) is 14.3. The van der Waals surface area contributed by atoms with Crippen molar-refractivity contribution in [3.05, 3.63) is 59.7 Å². The van der Waals surface area contributed by atoms with Crippen molar-refractivity contribution in [1.29, 1.82) is 0 Å². The normalized spacial score (nSPS) is 12.4. The van der Waals surface area contributed by atoms with Crippen LogP contribution in [0.5, 0.6) is 11.5 Å². The molecule has 7 nitrogen and oxygen atoms in total. The number of amides is 1. The van der Waals surface area contributed by atoms with Gasteiger partial charge in [-0.1, -0.05) is 36.4 Å². The highest BCUT2D eigenvalue weighted by atomic mass is 32.2. The quantitative estimate of drug-likeness (QED) is 0.587. The number of benzene rings is 2. The number of nitrogens with one attached hydrogen (secondary N) is 1. The molecule has 2 rings (SSSR count). The van der Waals surface area contributed by atoms with Crippen LogP contribution in [-0.2, 0) is 21.4 Å². The number of carbonyl (C=O) groups excluding carboxylic acids is 1. The van der Waals surface area contributed by atoms with E-state index in [1.54, 1.807) is 0 Å². The van der Waals surface area contributed by atoms with E-state index in [0.717, 1.165) is 21.7 Å². The average molecular weight is 435 g/mol. The summed E-state index contributed by atoms with van der Waals surface area (Å²) in [5.41, 5.74) is 1.65. The Morgan fingerprint density at radius 3 is 2.27 bits per heavy atom.